The van der Waals surface area contributed by atoms with E-state index < -0.39 is 0 Å². The summed E-state index contributed by atoms with van der Waals surface area (Å²) < 4.78 is 5.33. The lowest BCUT2D eigenvalue weighted by Crippen LogP contribution is -2.40. The van der Waals surface area contributed by atoms with Gasteiger partial charge in [-0.3, -0.25) is 4.79 Å². The van der Waals surface area contributed by atoms with E-state index in [0.717, 1.165) is 30.7 Å². The van der Waals surface area contributed by atoms with Gasteiger partial charge in [0.15, 0.2) is 0 Å². The van der Waals surface area contributed by atoms with Crippen LogP contribution in [0.4, 0.5) is 0 Å². The second-order valence-electron chi connectivity index (χ2n) is 4.49. The van der Waals surface area contributed by atoms with Crippen molar-refractivity contribution in [1.29, 1.82) is 0 Å². The number of carbonyl (C=O) groups is 1. The van der Waals surface area contributed by atoms with Gasteiger partial charge in [-0.05, 0) is 38.3 Å². The molecule has 1 aromatic rings. The Kier molecular flexibility index (Phi) is 3.74. The lowest BCUT2D eigenvalue weighted by atomic mass is 10.1. The fraction of sp³-hybridized carbons (Fsp3) is 0.538. The minimum absolute atomic E-state index is 0.108. The monoisotopic (exact) mass is 234 g/mol. The van der Waals surface area contributed by atoms with Crippen molar-refractivity contribution in [3.8, 4) is 0 Å². The minimum atomic E-state index is -0.108. The fourth-order valence-electron chi connectivity index (χ4n) is 1.87. The summed E-state index contributed by atoms with van der Waals surface area (Å²) in [5.41, 5.74) is 2.48. The molecule has 0 bridgehead atoms. The first-order chi connectivity index (χ1) is 8.16. The number of pyridine rings is 1. The first-order valence-corrected chi connectivity index (χ1v) is 5.99. The van der Waals surface area contributed by atoms with Gasteiger partial charge in [0.25, 0.3) is 5.91 Å². The third kappa shape index (κ3) is 3.03. The topological polar surface area (TPSA) is 51.2 Å². The van der Waals surface area contributed by atoms with Crippen LogP contribution in [0.1, 0.15) is 34.6 Å². The van der Waals surface area contributed by atoms with Gasteiger partial charge in [-0.15, -0.1) is 0 Å². The van der Waals surface area contributed by atoms with Crippen LogP contribution in [0.5, 0.6) is 0 Å². The molecule has 0 aromatic carbocycles. The van der Waals surface area contributed by atoms with Crippen molar-refractivity contribution in [2.24, 2.45) is 0 Å². The summed E-state index contributed by atoms with van der Waals surface area (Å²) in [6.07, 6.45) is 1.99. The Hall–Kier alpha value is -1.42. The molecule has 2 rings (SSSR count). The van der Waals surface area contributed by atoms with E-state index in [1.54, 1.807) is 6.07 Å². The number of aryl methyl sites for hydroxylation is 2. The third-order valence-corrected chi connectivity index (χ3v) is 3.08. The standard InChI is InChI=1S/C13H18N2O2/c1-9-5-6-12(14-10(9)2)13(16)15-11-4-3-7-17-8-11/h5-6,11H,3-4,7-8H2,1-2H3,(H,15,16)/t11-/m1/s1. The van der Waals surface area contributed by atoms with Crippen LogP contribution in [0.15, 0.2) is 12.1 Å². The number of aromatic nitrogens is 1. The molecule has 1 fully saturated rings. The maximum atomic E-state index is 11.9. The van der Waals surface area contributed by atoms with Gasteiger partial charge in [0, 0.05) is 12.3 Å². The maximum absolute atomic E-state index is 11.9. The summed E-state index contributed by atoms with van der Waals surface area (Å²) in [5, 5.41) is 2.96. The van der Waals surface area contributed by atoms with Crippen LogP contribution in [0.2, 0.25) is 0 Å². The van der Waals surface area contributed by atoms with Crippen LogP contribution in [0.3, 0.4) is 0 Å². The molecule has 1 aliphatic heterocycles. The predicted molar refractivity (Wildman–Crippen MR) is 65.0 cm³/mol. The number of hydrogen-bond donors (Lipinski definition) is 1. The molecule has 1 atom stereocenters. The summed E-state index contributed by atoms with van der Waals surface area (Å²) in [6.45, 7) is 5.31. The molecule has 1 amide bonds. The third-order valence-electron chi connectivity index (χ3n) is 3.08. The molecule has 0 radical (unpaired) electrons. The smallest absolute Gasteiger partial charge is 0.270 e. The summed E-state index contributed by atoms with van der Waals surface area (Å²) in [4.78, 5) is 16.2. The molecule has 2 heterocycles. The number of nitrogens with zero attached hydrogens (tertiary/aromatic N) is 1. The van der Waals surface area contributed by atoms with Gasteiger partial charge in [0.2, 0.25) is 0 Å². The van der Waals surface area contributed by atoms with Crippen molar-refractivity contribution < 1.29 is 9.53 Å². The van der Waals surface area contributed by atoms with E-state index in [1.165, 1.54) is 0 Å². The molecule has 1 N–H and O–H groups in total. The van der Waals surface area contributed by atoms with Gasteiger partial charge >= 0.3 is 0 Å². The van der Waals surface area contributed by atoms with E-state index in [1.807, 2.05) is 19.9 Å². The molecular formula is C13H18N2O2. The predicted octanol–water partition coefficient (Wildman–Crippen LogP) is 1.61. The van der Waals surface area contributed by atoms with Gasteiger partial charge in [-0.2, -0.15) is 0 Å². The van der Waals surface area contributed by atoms with E-state index in [-0.39, 0.29) is 11.9 Å². The highest BCUT2D eigenvalue weighted by Gasteiger charge is 2.17. The number of amides is 1. The van der Waals surface area contributed by atoms with Crippen LogP contribution in [-0.4, -0.2) is 30.1 Å². The van der Waals surface area contributed by atoms with E-state index in [2.05, 4.69) is 10.3 Å². The molecule has 4 heteroatoms. The average molecular weight is 234 g/mol. The zero-order valence-corrected chi connectivity index (χ0v) is 10.3. The Morgan fingerprint density at radius 1 is 1.47 bits per heavy atom. The molecule has 4 nitrogen and oxygen atoms in total. The van der Waals surface area contributed by atoms with Crippen molar-refractivity contribution in [2.75, 3.05) is 13.2 Å². The zero-order chi connectivity index (χ0) is 12.3. The highest BCUT2D eigenvalue weighted by Crippen LogP contribution is 2.08. The number of ether oxygens (including phenoxy) is 1. The molecule has 92 valence electrons. The van der Waals surface area contributed by atoms with Crippen LogP contribution in [0, 0.1) is 13.8 Å². The molecule has 0 unspecified atom stereocenters. The Bertz CT molecular complexity index is 412. The van der Waals surface area contributed by atoms with Crippen molar-refractivity contribution >= 4 is 5.91 Å². The molecule has 1 aromatic heterocycles. The molecule has 0 saturated carbocycles. The zero-order valence-electron chi connectivity index (χ0n) is 10.3. The second kappa shape index (κ2) is 5.27. The lowest BCUT2D eigenvalue weighted by Gasteiger charge is -2.22. The average Bonchev–Trinajstić information content (AvgIpc) is 2.34. The Morgan fingerprint density at radius 3 is 2.94 bits per heavy atom. The number of hydrogen-bond acceptors (Lipinski definition) is 3. The SMILES string of the molecule is Cc1ccc(C(=O)N[C@@H]2CCCOC2)nc1C. The number of carbonyl (C=O) groups excluding carboxylic acids is 1. The number of rotatable bonds is 2. The fourth-order valence-corrected chi connectivity index (χ4v) is 1.87. The summed E-state index contributed by atoms with van der Waals surface area (Å²) >= 11 is 0. The largest absolute Gasteiger partial charge is 0.379 e. The summed E-state index contributed by atoms with van der Waals surface area (Å²) in [7, 11) is 0. The summed E-state index contributed by atoms with van der Waals surface area (Å²) in [6, 6.07) is 3.82. The lowest BCUT2D eigenvalue weighted by molar-refractivity contribution is 0.0622. The highest BCUT2D eigenvalue weighted by atomic mass is 16.5. The quantitative estimate of drug-likeness (QED) is 0.845. The van der Waals surface area contributed by atoms with Crippen molar-refractivity contribution in [3.05, 3.63) is 29.1 Å². The Labute approximate surface area is 101 Å². The van der Waals surface area contributed by atoms with Crippen LogP contribution >= 0.6 is 0 Å². The van der Waals surface area contributed by atoms with Gasteiger partial charge < -0.3 is 10.1 Å². The molecule has 1 saturated heterocycles. The molecule has 0 aliphatic carbocycles. The van der Waals surface area contributed by atoms with Crippen LogP contribution in [-0.2, 0) is 4.74 Å². The van der Waals surface area contributed by atoms with Crippen LogP contribution in [0.25, 0.3) is 0 Å². The summed E-state index contributed by atoms with van der Waals surface area (Å²) in [5.74, 6) is -0.108. The molecule has 1 aliphatic rings. The van der Waals surface area contributed by atoms with Crippen molar-refractivity contribution in [1.82, 2.24) is 10.3 Å². The Balaban J connectivity index is 2.01. The van der Waals surface area contributed by atoms with Crippen molar-refractivity contribution in [2.45, 2.75) is 32.7 Å². The molecule has 17 heavy (non-hydrogen) atoms. The molecular weight excluding hydrogens is 216 g/mol. The van der Waals surface area contributed by atoms with Gasteiger partial charge in [0.05, 0.1) is 12.6 Å². The van der Waals surface area contributed by atoms with Crippen molar-refractivity contribution in [3.63, 3.8) is 0 Å². The van der Waals surface area contributed by atoms with Gasteiger partial charge in [-0.25, -0.2) is 4.98 Å². The maximum Gasteiger partial charge on any atom is 0.270 e. The van der Waals surface area contributed by atoms with E-state index in [0.29, 0.717) is 12.3 Å². The van der Waals surface area contributed by atoms with Gasteiger partial charge in [-0.1, -0.05) is 6.07 Å². The van der Waals surface area contributed by atoms with Gasteiger partial charge in [0.1, 0.15) is 5.69 Å². The normalized spacial score (nSPS) is 20.0. The van der Waals surface area contributed by atoms with E-state index in [4.69, 9.17) is 4.74 Å². The van der Waals surface area contributed by atoms with Crippen LogP contribution < -0.4 is 5.32 Å². The highest BCUT2D eigenvalue weighted by molar-refractivity contribution is 5.92. The number of nitrogens with one attached hydrogen (secondary N) is 1. The van der Waals surface area contributed by atoms with E-state index >= 15 is 0 Å². The molecule has 0 spiro atoms. The first kappa shape index (κ1) is 12.0. The minimum Gasteiger partial charge on any atom is -0.379 e. The first-order valence-electron chi connectivity index (χ1n) is 5.99. The van der Waals surface area contributed by atoms with E-state index in [9.17, 15) is 4.79 Å². The Morgan fingerprint density at radius 2 is 2.29 bits per heavy atom. The second-order valence-corrected chi connectivity index (χ2v) is 4.49.